The number of rotatable bonds is 10. The molecule has 0 aliphatic heterocycles. The summed E-state index contributed by atoms with van der Waals surface area (Å²) in [6.07, 6.45) is -1.31. The zero-order valence-corrected chi connectivity index (χ0v) is 22.0. The summed E-state index contributed by atoms with van der Waals surface area (Å²) in [6, 6.07) is 9.93. The summed E-state index contributed by atoms with van der Waals surface area (Å²) >= 11 is 0. The Balaban J connectivity index is 2.04. The van der Waals surface area contributed by atoms with E-state index in [-0.39, 0.29) is 17.2 Å². The standard InChI is InChI=1S/C26H26F3NO7S/c1-33-21-12-16(9-10-17-13-22(34-2)25(37-5)23(14-17)35-3)11-20(24(21)36-4)30-38(31,32)19-8-6-7-18(15-19)26(27,28)29/h6-15,30H,1-5H3. The number of benzene rings is 3. The van der Waals surface area contributed by atoms with Crippen molar-refractivity contribution in [3.63, 3.8) is 0 Å². The Morgan fingerprint density at radius 2 is 1.21 bits per heavy atom. The molecule has 0 bridgehead atoms. The minimum atomic E-state index is -4.70. The number of anilines is 1. The third kappa shape index (κ3) is 6.25. The maximum Gasteiger partial charge on any atom is 0.416 e. The number of halogens is 3. The van der Waals surface area contributed by atoms with E-state index in [9.17, 15) is 21.6 Å². The van der Waals surface area contributed by atoms with Crippen molar-refractivity contribution < 1.29 is 45.3 Å². The second kappa shape index (κ2) is 11.5. The molecule has 12 heteroatoms. The number of methoxy groups -OCH3 is 5. The summed E-state index contributed by atoms with van der Waals surface area (Å²) in [5, 5.41) is 0. The van der Waals surface area contributed by atoms with Crippen LogP contribution in [-0.2, 0) is 16.2 Å². The highest BCUT2D eigenvalue weighted by Crippen LogP contribution is 2.40. The van der Waals surface area contributed by atoms with Gasteiger partial charge in [-0.1, -0.05) is 18.2 Å². The Hall–Kier alpha value is -4.06. The van der Waals surface area contributed by atoms with Crippen LogP contribution in [0, 0.1) is 0 Å². The van der Waals surface area contributed by atoms with Gasteiger partial charge in [-0.05, 0) is 53.6 Å². The van der Waals surface area contributed by atoms with Gasteiger partial charge in [0, 0.05) is 0 Å². The Kier molecular flexibility index (Phi) is 8.67. The quantitative estimate of drug-likeness (QED) is 0.321. The van der Waals surface area contributed by atoms with Crippen LogP contribution in [0.2, 0.25) is 0 Å². The Labute approximate surface area is 218 Å². The molecule has 3 aromatic carbocycles. The predicted molar refractivity (Wildman–Crippen MR) is 137 cm³/mol. The molecule has 0 heterocycles. The molecule has 38 heavy (non-hydrogen) atoms. The van der Waals surface area contributed by atoms with Crippen LogP contribution in [-0.4, -0.2) is 44.0 Å². The first-order valence-corrected chi connectivity index (χ1v) is 12.4. The molecule has 0 fully saturated rings. The zero-order valence-electron chi connectivity index (χ0n) is 21.2. The molecule has 0 radical (unpaired) electrons. The van der Waals surface area contributed by atoms with E-state index in [1.54, 1.807) is 30.4 Å². The van der Waals surface area contributed by atoms with E-state index in [1.165, 1.54) is 41.6 Å². The predicted octanol–water partition coefficient (Wildman–Crippen LogP) is 5.72. The van der Waals surface area contributed by atoms with Gasteiger partial charge in [0.05, 0.1) is 51.7 Å². The average Bonchev–Trinajstić information content (AvgIpc) is 2.90. The van der Waals surface area contributed by atoms with Crippen LogP contribution in [0.25, 0.3) is 12.2 Å². The summed E-state index contributed by atoms with van der Waals surface area (Å²) in [6.45, 7) is 0. The second-order valence-corrected chi connectivity index (χ2v) is 9.41. The van der Waals surface area contributed by atoms with Gasteiger partial charge in [0.25, 0.3) is 10.0 Å². The maximum absolute atomic E-state index is 13.1. The highest BCUT2D eigenvalue weighted by molar-refractivity contribution is 7.92. The van der Waals surface area contributed by atoms with Crippen LogP contribution in [0.3, 0.4) is 0 Å². The van der Waals surface area contributed by atoms with Gasteiger partial charge in [0.1, 0.15) is 0 Å². The van der Waals surface area contributed by atoms with Gasteiger partial charge < -0.3 is 23.7 Å². The summed E-state index contributed by atoms with van der Waals surface area (Å²) in [5.74, 6) is 1.54. The van der Waals surface area contributed by atoms with E-state index in [2.05, 4.69) is 4.72 Å². The SMILES string of the molecule is COc1cc(C=Cc2cc(OC)c(OC)c(OC)c2)cc(NS(=O)(=O)c2cccc(C(F)(F)F)c2)c1OC. The van der Waals surface area contributed by atoms with Crippen LogP contribution in [0.4, 0.5) is 18.9 Å². The van der Waals surface area contributed by atoms with Gasteiger partial charge in [-0.2, -0.15) is 13.2 Å². The first-order chi connectivity index (χ1) is 18.0. The molecule has 0 unspecified atom stereocenters. The maximum atomic E-state index is 13.1. The van der Waals surface area contributed by atoms with Gasteiger partial charge >= 0.3 is 6.18 Å². The minimum absolute atomic E-state index is 0.0335. The topological polar surface area (TPSA) is 92.3 Å². The van der Waals surface area contributed by atoms with E-state index in [0.29, 0.717) is 34.4 Å². The van der Waals surface area contributed by atoms with E-state index in [4.69, 9.17) is 23.7 Å². The monoisotopic (exact) mass is 553 g/mol. The summed E-state index contributed by atoms with van der Waals surface area (Å²) < 4.78 is 94.5. The first-order valence-electron chi connectivity index (χ1n) is 10.9. The van der Waals surface area contributed by atoms with Crippen LogP contribution >= 0.6 is 0 Å². The van der Waals surface area contributed by atoms with Crippen molar-refractivity contribution in [3.8, 4) is 28.7 Å². The number of alkyl halides is 3. The number of sulfonamides is 1. The molecule has 0 aliphatic rings. The lowest BCUT2D eigenvalue weighted by atomic mass is 10.1. The number of hydrogen-bond donors (Lipinski definition) is 1. The number of hydrogen-bond acceptors (Lipinski definition) is 7. The zero-order chi connectivity index (χ0) is 28.1. The fourth-order valence-electron chi connectivity index (χ4n) is 3.59. The van der Waals surface area contributed by atoms with Crippen molar-refractivity contribution in [3.05, 3.63) is 65.2 Å². The molecule has 0 saturated carbocycles. The van der Waals surface area contributed by atoms with Crippen molar-refractivity contribution in [1.29, 1.82) is 0 Å². The average molecular weight is 554 g/mol. The van der Waals surface area contributed by atoms with Gasteiger partial charge in [0.15, 0.2) is 23.0 Å². The van der Waals surface area contributed by atoms with Crippen LogP contribution in [0.15, 0.2) is 53.4 Å². The highest BCUT2D eigenvalue weighted by Gasteiger charge is 2.32. The van der Waals surface area contributed by atoms with Crippen LogP contribution in [0.1, 0.15) is 16.7 Å². The van der Waals surface area contributed by atoms with E-state index in [1.807, 2.05) is 0 Å². The molecule has 8 nitrogen and oxygen atoms in total. The minimum Gasteiger partial charge on any atom is -0.493 e. The fraction of sp³-hybridized carbons (Fsp3) is 0.231. The smallest absolute Gasteiger partial charge is 0.416 e. The van der Waals surface area contributed by atoms with Crippen LogP contribution in [0.5, 0.6) is 28.7 Å². The molecule has 0 atom stereocenters. The number of nitrogens with one attached hydrogen (secondary N) is 1. The van der Waals surface area contributed by atoms with Crippen molar-refractivity contribution in [2.45, 2.75) is 11.1 Å². The lowest BCUT2D eigenvalue weighted by Crippen LogP contribution is -2.15. The molecule has 0 spiro atoms. The fourth-order valence-corrected chi connectivity index (χ4v) is 4.69. The molecule has 1 N–H and O–H groups in total. The molecule has 3 rings (SSSR count). The lowest BCUT2D eigenvalue weighted by molar-refractivity contribution is -0.137. The van der Waals surface area contributed by atoms with Gasteiger partial charge in [0.2, 0.25) is 5.75 Å². The van der Waals surface area contributed by atoms with Gasteiger partial charge in [-0.3, -0.25) is 4.72 Å². The summed E-state index contributed by atoms with van der Waals surface area (Å²) in [4.78, 5) is -0.563. The molecule has 0 aromatic heterocycles. The van der Waals surface area contributed by atoms with Gasteiger partial charge in [-0.25, -0.2) is 8.42 Å². The van der Waals surface area contributed by atoms with Gasteiger partial charge in [-0.15, -0.1) is 0 Å². The van der Waals surface area contributed by atoms with Crippen molar-refractivity contribution in [2.75, 3.05) is 40.3 Å². The van der Waals surface area contributed by atoms with E-state index >= 15 is 0 Å². The Morgan fingerprint density at radius 1 is 0.711 bits per heavy atom. The molecule has 0 aliphatic carbocycles. The van der Waals surface area contributed by atoms with Crippen LogP contribution < -0.4 is 28.4 Å². The molecular weight excluding hydrogens is 527 g/mol. The summed E-state index contributed by atoms with van der Waals surface area (Å²) in [7, 11) is 2.73. The van der Waals surface area contributed by atoms with Crippen molar-refractivity contribution in [1.82, 2.24) is 0 Å². The largest absolute Gasteiger partial charge is 0.493 e. The highest BCUT2D eigenvalue weighted by atomic mass is 32.2. The Bertz CT molecular complexity index is 1410. The number of ether oxygens (including phenoxy) is 5. The van der Waals surface area contributed by atoms with E-state index in [0.717, 1.165) is 18.2 Å². The summed E-state index contributed by atoms with van der Waals surface area (Å²) in [5.41, 5.74) is 0.0549. The normalized spacial score (nSPS) is 11.8. The molecule has 204 valence electrons. The lowest BCUT2D eigenvalue weighted by Gasteiger charge is -2.16. The first kappa shape index (κ1) is 28.5. The molecule has 3 aromatic rings. The molecular formula is C26H26F3NO7S. The second-order valence-electron chi connectivity index (χ2n) is 7.73. The molecule has 0 saturated heterocycles. The van der Waals surface area contributed by atoms with E-state index < -0.39 is 26.7 Å². The molecule has 0 amide bonds. The third-order valence-electron chi connectivity index (χ3n) is 5.37. The third-order valence-corrected chi connectivity index (χ3v) is 6.74. The van der Waals surface area contributed by atoms with Crippen molar-refractivity contribution >= 4 is 27.9 Å². The van der Waals surface area contributed by atoms with Crippen molar-refractivity contribution in [2.24, 2.45) is 0 Å². The Morgan fingerprint density at radius 3 is 1.68 bits per heavy atom.